The number of halogens is 2. The van der Waals surface area contributed by atoms with Gasteiger partial charge in [0.15, 0.2) is 17.5 Å². The second-order valence-electron chi connectivity index (χ2n) is 23.7. The number of aliphatic hydroxyl groups excluding tert-OH is 9. The summed E-state index contributed by atoms with van der Waals surface area (Å²) in [6, 6.07) is -10.3. The van der Waals surface area contributed by atoms with Gasteiger partial charge in [-0.05, 0) is 102 Å². The Labute approximate surface area is 540 Å². The predicted molar refractivity (Wildman–Crippen MR) is 326 cm³/mol. The number of likely N-dealkylation sites (N-methyl/N-ethyl adjacent to an activating group) is 1. The van der Waals surface area contributed by atoms with E-state index >= 15 is 9.59 Å². The number of carboxylic acid groups (broad SMARTS) is 1. The summed E-state index contributed by atoms with van der Waals surface area (Å²) in [7, 11) is 1.51. The van der Waals surface area contributed by atoms with Gasteiger partial charge in [-0.2, -0.15) is 0 Å². The molecule has 1 aromatic carbocycles. The number of primary amides is 1. The van der Waals surface area contributed by atoms with Crippen molar-refractivity contribution in [3.05, 3.63) is 110 Å². The summed E-state index contributed by atoms with van der Waals surface area (Å²) in [5.74, 6) is -11.9. The second kappa shape index (κ2) is 28.9. The van der Waals surface area contributed by atoms with Crippen molar-refractivity contribution in [3.63, 3.8) is 0 Å². The van der Waals surface area contributed by atoms with Gasteiger partial charge in [-0.25, -0.2) is 4.79 Å². The third-order valence-electron chi connectivity index (χ3n) is 16.9. The highest BCUT2D eigenvalue weighted by molar-refractivity contribution is 7.80. The molecule has 2 fully saturated rings. The van der Waals surface area contributed by atoms with Crippen molar-refractivity contribution in [3.8, 4) is 17.2 Å². The van der Waals surface area contributed by atoms with E-state index in [1.165, 1.54) is 49.6 Å². The Morgan fingerprint density at radius 1 is 0.815 bits per heavy atom. The van der Waals surface area contributed by atoms with Crippen LogP contribution < -0.4 is 57.2 Å². The van der Waals surface area contributed by atoms with Crippen LogP contribution in [0, 0.1) is 11.8 Å². The molecule has 29 nitrogen and oxygen atoms in total. The zero-order valence-electron chi connectivity index (χ0n) is 49.6. The first-order chi connectivity index (χ1) is 43.6. The van der Waals surface area contributed by atoms with E-state index in [-0.39, 0.29) is 93.6 Å². The van der Waals surface area contributed by atoms with Crippen molar-refractivity contribution in [1.82, 2.24) is 37.2 Å². The Morgan fingerprint density at radius 3 is 2.16 bits per heavy atom. The minimum absolute atomic E-state index is 0.0376. The van der Waals surface area contributed by atoms with Crippen molar-refractivity contribution in [2.75, 3.05) is 20.3 Å². The fourth-order valence-electron chi connectivity index (χ4n) is 12.1. The number of thiocarbonyl (C=S) groups is 1. The van der Waals surface area contributed by atoms with E-state index in [0.717, 1.165) is 6.08 Å². The van der Waals surface area contributed by atoms with Crippen molar-refractivity contribution in [1.29, 1.82) is 0 Å². The number of allylic oxidation sites excluding steroid dienone is 8. The van der Waals surface area contributed by atoms with E-state index in [1.54, 1.807) is 0 Å². The lowest BCUT2D eigenvalue weighted by atomic mass is 9.73. The molecule has 2 saturated heterocycles. The molecule has 4 aliphatic carbocycles. The van der Waals surface area contributed by atoms with Gasteiger partial charge in [-0.3, -0.25) is 28.8 Å². The van der Waals surface area contributed by atoms with Crippen LogP contribution in [0.5, 0.6) is 17.2 Å². The van der Waals surface area contributed by atoms with Gasteiger partial charge in [0.05, 0.1) is 47.9 Å². The summed E-state index contributed by atoms with van der Waals surface area (Å²) in [5, 5.41) is 129. The third kappa shape index (κ3) is 14.7. The summed E-state index contributed by atoms with van der Waals surface area (Å²) in [6.07, 6.45) is -9.43. The lowest BCUT2D eigenvalue weighted by Crippen LogP contribution is -2.62. The van der Waals surface area contributed by atoms with E-state index in [4.69, 9.17) is 60.1 Å². The first-order valence-electron chi connectivity index (χ1n) is 29.4. The highest BCUT2D eigenvalue weighted by atomic mass is 35.5. The summed E-state index contributed by atoms with van der Waals surface area (Å²) >= 11 is 20.4. The Morgan fingerprint density at radius 2 is 1.52 bits per heavy atom. The molecular weight excluding hydrogens is 1270 g/mol. The summed E-state index contributed by atoms with van der Waals surface area (Å²) in [5.41, 5.74) is 5.39. The second-order valence-corrected chi connectivity index (χ2v) is 25.1. The fraction of sp³-hybridized carbons (Fsp3) is 0.500. The molecule has 0 spiro atoms. The molecule has 0 saturated carbocycles. The molecule has 17 atom stereocenters. The normalized spacial score (nSPS) is 32.4. The lowest BCUT2D eigenvalue weighted by molar-refractivity contribution is -0.277. The number of fused-ring (bicyclic) bond motifs is 15. The molecule has 0 aromatic heterocycles. The maximum Gasteiger partial charge on any atom is 0.330 e. The molecule has 0 radical (unpaired) electrons. The van der Waals surface area contributed by atoms with Gasteiger partial charge in [-0.1, -0.05) is 55.9 Å². The number of nitrogens with one attached hydrogen (secondary N) is 7. The molecule has 11 rings (SSSR count). The van der Waals surface area contributed by atoms with E-state index in [0.29, 0.717) is 0 Å². The Bertz CT molecular complexity index is 3440. The van der Waals surface area contributed by atoms with Gasteiger partial charge < -0.3 is 113 Å². The summed E-state index contributed by atoms with van der Waals surface area (Å²) < 4.78 is 25.4. The number of hydrogen-bond donors (Lipinski definition) is 18. The number of rotatable bonds is 12. The van der Waals surface area contributed by atoms with E-state index in [1.807, 2.05) is 13.8 Å². The number of carbonyl (C=O) groups excluding carboxylic acids is 6. The van der Waals surface area contributed by atoms with Crippen molar-refractivity contribution < 1.29 is 104 Å². The van der Waals surface area contributed by atoms with Crippen LogP contribution in [0.15, 0.2) is 104 Å². The SMILES string of the molecule is CN[C@H](CC(C)C)C(=O)N[C@H]1C(=O)N[C@@H](CC(N)=O)C(=O)N[C@H]2C(=S)N[C@H]3C(=O)N[C@H](C(=O)N[C@H](C(=O)O)C4=CC(O)CC(O)=C4C4CC3=CC=C4CO)[C@H](O)C3=CC=C(Oc4cc2cc(c4O[C@H]2OC(CO)C(O)[C@H](O)C2O)OC2=C(Cl)C=C(CC2)[C@H]1O)C(Cl)C3. The highest BCUT2D eigenvalue weighted by Gasteiger charge is 2.48. The molecular formula is C60H72Cl2N8O21S. The zero-order valence-corrected chi connectivity index (χ0v) is 51.9. The molecule has 32 heteroatoms. The van der Waals surface area contributed by atoms with Crippen LogP contribution in [0.4, 0.5) is 0 Å². The Kier molecular flexibility index (Phi) is 21.7. The van der Waals surface area contributed by atoms with E-state index < -0.39 is 198 Å². The smallest absolute Gasteiger partial charge is 0.330 e. The largest absolute Gasteiger partial charge is 0.512 e. The number of carboxylic acids is 1. The summed E-state index contributed by atoms with van der Waals surface area (Å²) in [4.78, 5) is 100. The van der Waals surface area contributed by atoms with Crippen LogP contribution in [-0.4, -0.2) is 208 Å². The topological polar surface area (TPSA) is 469 Å². The van der Waals surface area contributed by atoms with Crippen molar-refractivity contribution in [2.45, 2.75) is 155 Å². The molecule has 6 heterocycles. The molecule has 6 amide bonds. The van der Waals surface area contributed by atoms with Crippen LogP contribution in [0.2, 0.25) is 0 Å². The average Bonchev–Trinajstić information content (AvgIpc) is 0.772. The number of aliphatic hydroxyl groups is 9. The maximum atomic E-state index is 15.4. The minimum Gasteiger partial charge on any atom is -0.512 e. The van der Waals surface area contributed by atoms with Gasteiger partial charge in [0.2, 0.25) is 47.5 Å². The minimum atomic E-state index is -2.11. The van der Waals surface area contributed by atoms with Crippen LogP contribution in [0.1, 0.15) is 70.4 Å². The van der Waals surface area contributed by atoms with Crippen LogP contribution >= 0.6 is 35.4 Å². The molecule has 6 aliphatic heterocycles. The van der Waals surface area contributed by atoms with Gasteiger partial charge in [0.25, 0.3) is 0 Å². The van der Waals surface area contributed by atoms with Crippen LogP contribution in [0.3, 0.4) is 0 Å². The number of ether oxygens (including phenoxy) is 4. The highest BCUT2D eigenvalue weighted by Crippen LogP contribution is 2.47. The average molecular weight is 1340 g/mol. The molecule has 92 heavy (non-hydrogen) atoms. The van der Waals surface area contributed by atoms with E-state index in [9.17, 15) is 75.0 Å². The Hall–Kier alpha value is -7.30. The number of hydrogen-bond acceptors (Lipinski definition) is 22. The van der Waals surface area contributed by atoms with Crippen LogP contribution in [-0.2, 0) is 38.3 Å². The van der Waals surface area contributed by atoms with Gasteiger partial charge in [0.1, 0.15) is 83.3 Å². The standard InChI is InChI=1S/C60H72Cl2N8O21S/c1-21(2)10-32(64-3)53(81)68-45-47(76)23-6-8-35(30(61)12-23)88-37-14-26-15-38(52(37)91-60-51(80)50(79)49(78)39(20-72)90-60)89-36-9-7-24(13-31(36)62)48(77)46-57(85)67-44(59(86)87)29-16-27(73)17-34(74)41(29)28-11-22(4-5-25(28)19-71)42(55(83)69-46)70-58(92)43(26)66-54(82)33(18-40(63)75)65-56(45)84/h4-5,7,9,12,14-16,21,27-28,31-33,39,42-51,60,64,71-74,76-80H,6,8,10-11,13,17-20H2,1-3H3,(H2,63,75)(H,65,84)(H,66,82)(H,67,85)(H,68,81)(H,69,83)(H,70,92)(H,86,87)/t27?,28?,31?,32-,33+,39?,42-,43-,44+,45-,46+,47-,48-,49?,50+,51?,60-/m1/s1. The predicted octanol–water partition coefficient (Wildman–Crippen LogP) is -2.28. The number of amides is 6. The Balaban J connectivity index is 1.30. The third-order valence-corrected chi connectivity index (χ3v) is 18.0. The number of alkyl halides is 1. The van der Waals surface area contributed by atoms with Crippen molar-refractivity contribution >= 4 is 81.8 Å². The first-order valence-corrected chi connectivity index (χ1v) is 30.7. The molecule has 10 aliphatic rings. The van der Waals surface area contributed by atoms with Crippen LogP contribution in [0.25, 0.3) is 0 Å². The maximum absolute atomic E-state index is 15.4. The number of aliphatic carboxylic acids is 1. The molecule has 19 N–H and O–H groups in total. The number of nitrogens with two attached hydrogens (primary N) is 1. The monoisotopic (exact) mass is 1340 g/mol. The quantitative estimate of drug-likeness (QED) is 0.0774. The van der Waals surface area contributed by atoms with Crippen molar-refractivity contribution in [2.24, 2.45) is 17.6 Å². The van der Waals surface area contributed by atoms with E-state index in [2.05, 4.69) is 37.2 Å². The lowest BCUT2D eigenvalue weighted by Gasteiger charge is -2.40. The zero-order chi connectivity index (χ0) is 66.9. The molecule has 1 aromatic rings. The number of carbonyl (C=O) groups is 7. The molecule has 11 bridgehead atoms. The molecule has 6 unspecified atom stereocenters. The van der Waals surface area contributed by atoms with Gasteiger partial charge in [-0.15, -0.1) is 11.6 Å². The van der Waals surface area contributed by atoms with Gasteiger partial charge >= 0.3 is 5.97 Å². The number of benzene rings is 1. The summed E-state index contributed by atoms with van der Waals surface area (Å²) in [6.45, 7) is 2.10. The fourth-order valence-corrected chi connectivity index (χ4v) is 13.0. The molecule has 498 valence electrons. The first kappa shape index (κ1) is 69.1. The van der Waals surface area contributed by atoms with Gasteiger partial charge in [0, 0.05) is 24.3 Å².